The second-order valence-corrected chi connectivity index (χ2v) is 10.9. The van der Waals surface area contributed by atoms with Gasteiger partial charge in [-0.2, -0.15) is 0 Å². The molecule has 0 radical (unpaired) electrons. The van der Waals surface area contributed by atoms with Crippen molar-refractivity contribution < 1.29 is 13.2 Å². The quantitative estimate of drug-likeness (QED) is 0.439. The third kappa shape index (κ3) is 4.49. The third-order valence-electron chi connectivity index (χ3n) is 5.76. The minimum absolute atomic E-state index is 0.0318. The molecule has 0 unspecified atom stereocenters. The summed E-state index contributed by atoms with van der Waals surface area (Å²) in [6.45, 7) is 2.19. The molecule has 0 saturated heterocycles. The molecule has 1 aromatic heterocycles. The molecule has 1 aliphatic heterocycles. The van der Waals surface area contributed by atoms with Crippen LogP contribution in [0.4, 0.5) is 11.4 Å². The molecule has 1 aliphatic rings. The van der Waals surface area contributed by atoms with Gasteiger partial charge in [-0.3, -0.25) is 9.52 Å². The molecule has 3 aromatic carbocycles. The van der Waals surface area contributed by atoms with Crippen LogP contribution in [0.3, 0.4) is 0 Å². The first-order chi connectivity index (χ1) is 15.9. The molecule has 0 fully saturated rings. The maximum absolute atomic E-state index is 13.0. The Morgan fingerprint density at radius 2 is 1.88 bits per heavy atom. The average molecular weight is 478 g/mol. The van der Waals surface area contributed by atoms with Crippen LogP contribution in [0.2, 0.25) is 0 Å². The number of amides is 1. The number of hydrogen-bond acceptors (Lipinski definition) is 5. The number of carbonyl (C=O) groups excluding carboxylic acids is 1. The summed E-state index contributed by atoms with van der Waals surface area (Å²) in [7, 11) is -3.74. The van der Waals surface area contributed by atoms with Crippen molar-refractivity contribution in [2.75, 3.05) is 16.2 Å². The van der Waals surface area contributed by atoms with E-state index in [2.05, 4.69) is 15.8 Å². The first kappa shape index (κ1) is 21.6. The zero-order chi connectivity index (χ0) is 23.0. The second kappa shape index (κ2) is 8.61. The number of benzene rings is 3. The molecule has 2 heterocycles. The van der Waals surface area contributed by atoms with Gasteiger partial charge < -0.3 is 4.90 Å². The van der Waals surface area contributed by atoms with Crippen LogP contribution in [0, 0.1) is 0 Å². The molecule has 168 valence electrons. The van der Waals surface area contributed by atoms with Crippen LogP contribution in [0.1, 0.15) is 29.5 Å². The van der Waals surface area contributed by atoms with E-state index in [1.54, 1.807) is 46.6 Å². The summed E-state index contributed by atoms with van der Waals surface area (Å²) in [5.74, 6) is -0.0318. The lowest BCUT2D eigenvalue weighted by Crippen LogP contribution is -2.33. The Hall–Kier alpha value is -3.23. The Labute approximate surface area is 197 Å². The van der Waals surface area contributed by atoms with Gasteiger partial charge in [0.2, 0.25) is 5.91 Å². The number of sulfonamides is 1. The molecule has 8 heteroatoms. The van der Waals surface area contributed by atoms with Gasteiger partial charge in [0.25, 0.3) is 10.0 Å². The first-order valence-corrected chi connectivity index (χ1v) is 13.1. The molecule has 0 spiro atoms. The fourth-order valence-corrected chi connectivity index (χ4v) is 6.25. The van der Waals surface area contributed by atoms with E-state index in [9.17, 15) is 13.2 Å². The van der Waals surface area contributed by atoms with Crippen LogP contribution in [0.25, 0.3) is 10.2 Å². The van der Waals surface area contributed by atoms with Crippen molar-refractivity contribution >= 4 is 48.9 Å². The molecule has 6 nitrogen and oxygen atoms in total. The molecule has 33 heavy (non-hydrogen) atoms. The summed E-state index contributed by atoms with van der Waals surface area (Å²) in [5, 5.41) is 1.03. The van der Waals surface area contributed by atoms with Crippen molar-refractivity contribution in [3.05, 3.63) is 82.9 Å². The molecular weight excluding hydrogens is 454 g/mol. The molecule has 1 amide bonds. The minimum atomic E-state index is -3.74. The number of thiazole rings is 1. The number of anilines is 2. The number of carbonyl (C=O) groups is 1. The van der Waals surface area contributed by atoms with E-state index in [-0.39, 0.29) is 10.8 Å². The SMILES string of the molecule is CC(=O)N1CCCc2cc(S(=O)(=O)Nc3ccc(Cc4nc5ccccc5s4)cc3)ccc21. The Morgan fingerprint density at radius 3 is 2.64 bits per heavy atom. The summed E-state index contributed by atoms with van der Waals surface area (Å²) in [4.78, 5) is 18.4. The molecule has 0 saturated carbocycles. The van der Waals surface area contributed by atoms with Gasteiger partial charge in [-0.25, -0.2) is 13.4 Å². The summed E-state index contributed by atoms with van der Waals surface area (Å²) < 4.78 is 29.8. The van der Waals surface area contributed by atoms with Crippen molar-refractivity contribution in [3.63, 3.8) is 0 Å². The number of nitrogens with one attached hydrogen (secondary N) is 1. The van der Waals surface area contributed by atoms with Crippen molar-refractivity contribution in [2.24, 2.45) is 0 Å². The van der Waals surface area contributed by atoms with Gasteiger partial charge in [0.1, 0.15) is 0 Å². The van der Waals surface area contributed by atoms with Crippen molar-refractivity contribution in [2.45, 2.75) is 31.1 Å². The summed E-state index contributed by atoms with van der Waals surface area (Å²) >= 11 is 1.67. The topological polar surface area (TPSA) is 79.4 Å². The Balaban J connectivity index is 1.32. The van der Waals surface area contributed by atoms with E-state index < -0.39 is 10.0 Å². The molecule has 4 aromatic rings. The first-order valence-electron chi connectivity index (χ1n) is 10.8. The predicted octanol–water partition coefficient (Wildman–Crippen LogP) is 4.99. The fraction of sp³-hybridized carbons (Fsp3) is 0.200. The van der Waals surface area contributed by atoms with Gasteiger partial charge in [-0.15, -0.1) is 11.3 Å². The summed E-state index contributed by atoms with van der Waals surface area (Å²) in [6, 6.07) is 20.4. The standard InChI is InChI=1S/C25H23N3O3S2/c1-17(29)28-14-4-5-19-16-21(12-13-23(19)28)33(30,31)27-20-10-8-18(9-11-20)15-25-26-22-6-2-3-7-24(22)32-25/h2-3,6-13,16,27H,4-5,14-15H2,1H3. The smallest absolute Gasteiger partial charge is 0.261 e. The molecule has 5 rings (SSSR count). The maximum Gasteiger partial charge on any atom is 0.261 e. The lowest BCUT2D eigenvalue weighted by molar-refractivity contribution is -0.116. The molecule has 1 N–H and O–H groups in total. The highest BCUT2D eigenvalue weighted by Crippen LogP contribution is 2.30. The van der Waals surface area contributed by atoms with Gasteiger partial charge in [-0.05, 0) is 66.4 Å². The van der Waals surface area contributed by atoms with Crippen molar-refractivity contribution in [1.82, 2.24) is 4.98 Å². The van der Waals surface area contributed by atoms with Gasteiger partial charge >= 0.3 is 0 Å². The number of rotatable bonds is 5. The molecule has 0 bridgehead atoms. The maximum atomic E-state index is 13.0. The number of hydrogen-bond donors (Lipinski definition) is 1. The van der Waals surface area contributed by atoms with E-state index in [0.29, 0.717) is 18.7 Å². The minimum Gasteiger partial charge on any atom is -0.312 e. The Morgan fingerprint density at radius 1 is 1.09 bits per heavy atom. The highest BCUT2D eigenvalue weighted by atomic mass is 32.2. The largest absolute Gasteiger partial charge is 0.312 e. The van der Waals surface area contributed by atoms with E-state index in [1.807, 2.05) is 30.3 Å². The van der Waals surface area contributed by atoms with Crippen LogP contribution in [0.15, 0.2) is 71.6 Å². The number of nitrogens with zero attached hydrogens (tertiary/aromatic N) is 2. The number of aromatic nitrogens is 1. The van der Waals surface area contributed by atoms with E-state index in [1.165, 1.54) is 6.92 Å². The van der Waals surface area contributed by atoms with Gasteiger partial charge in [0.05, 0.1) is 20.1 Å². The molecule has 0 atom stereocenters. The molecular formula is C25H23N3O3S2. The third-order valence-corrected chi connectivity index (χ3v) is 8.18. The average Bonchev–Trinajstić information content (AvgIpc) is 3.21. The summed E-state index contributed by atoms with van der Waals surface area (Å²) in [5.41, 5.74) is 4.25. The van der Waals surface area contributed by atoms with E-state index in [0.717, 1.165) is 44.9 Å². The van der Waals surface area contributed by atoms with Gasteiger partial charge in [0, 0.05) is 31.3 Å². The number of para-hydroxylation sites is 1. The van der Waals surface area contributed by atoms with Crippen LogP contribution < -0.4 is 9.62 Å². The highest BCUT2D eigenvalue weighted by molar-refractivity contribution is 7.92. The zero-order valence-electron chi connectivity index (χ0n) is 18.1. The van der Waals surface area contributed by atoms with E-state index >= 15 is 0 Å². The fourth-order valence-electron chi connectivity index (χ4n) is 4.14. The lowest BCUT2D eigenvalue weighted by atomic mass is 10.0. The van der Waals surface area contributed by atoms with Crippen molar-refractivity contribution in [3.8, 4) is 0 Å². The number of aryl methyl sites for hydroxylation is 1. The predicted molar refractivity (Wildman–Crippen MR) is 132 cm³/mol. The zero-order valence-corrected chi connectivity index (χ0v) is 19.7. The van der Waals surface area contributed by atoms with Gasteiger partial charge in [0.15, 0.2) is 0 Å². The van der Waals surface area contributed by atoms with Crippen LogP contribution in [-0.4, -0.2) is 25.9 Å². The summed E-state index contributed by atoms with van der Waals surface area (Å²) in [6.07, 6.45) is 2.27. The van der Waals surface area contributed by atoms with Crippen molar-refractivity contribution in [1.29, 1.82) is 0 Å². The van der Waals surface area contributed by atoms with Gasteiger partial charge in [-0.1, -0.05) is 24.3 Å². The van der Waals surface area contributed by atoms with Crippen LogP contribution >= 0.6 is 11.3 Å². The normalized spacial score (nSPS) is 13.7. The van der Waals surface area contributed by atoms with E-state index in [4.69, 9.17) is 0 Å². The van der Waals surface area contributed by atoms with Crippen LogP contribution in [-0.2, 0) is 27.7 Å². The monoisotopic (exact) mass is 477 g/mol. The number of fused-ring (bicyclic) bond motifs is 2. The Bertz CT molecular complexity index is 1410. The lowest BCUT2D eigenvalue weighted by Gasteiger charge is -2.28. The van der Waals surface area contributed by atoms with Crippen LogP contribution in [0.5, 0.6) is 0 Å². The molecule has 0 aliphatic carbocycles. The highest BCUT2D eigenvalue weighted by Gasteiger charge is 2.23. The Kier molecular flexibility index (Phi) is 5.64. The second-order valence-electron chi connectivity index (χ2n) is 8.12.